The number of carbonyl (C=O) groups excluding carboxylic acids is 2. The Bertz CT molecular complexity index is 674. The average Bonchev–Trinajstić information content (AvgIpc) is 2.52. The SMILES string of the molecule is COC(=O)c1cc(C)cnc1C1=CCN(C(=O)OC(C)(C)C)CC1. The van der Waals surface area contributed by atoms with E-state index < -0.39 is 11.6 Å². The zero-order valence-corrected chi connectivity index (χ0v) is 14.9. The second-order valence-corrected chi connectivity index (χ2v) is 6.81. The number of aryl methyl sites for hydroxylation is 1. The molecule has 0 spiro atoms. The smallest absolute Gasteiger partial charge is 0.410 e. The van der Waals surface area contributed by atoms with Crippen molar-refractivity contribution in [1.82, 2.24) is 9.88 Å². The third kappa shape index (κ3) is 4.34. The molecule has 6 nitrogen and oxygen atoms in total. The number of pyridine rings is 1. The molecule has 0 saturated carbocycles. The predicted molar refractivity (Wildman–Crippen MR) is 90.7 cm³/mol. The second kappa shape index (κ2) is 7.03. The Labute approximate surface area is 142 Å². The molecule has 6 heteroatoms. The van der Waals surface area contributed by atoms with Crippen LogP contribution in [0.1, 0.15) is 48.8 Å². The number of nitrogens with zero attached hydrogens (tertiary/aromatic N) is 2. The summed E-state index contributed by atoms with van der Waals surface area (Å²) in [5, 5.41) is 0. The lowest BCUT2D eigenvalue weighted by molar-refractivity contribution is 0.0270. The quantitative estimate of drug-likeness (QED) is 0.778. The molecule has 0 aromatic carbocycles. The van der Waals surface area contributed by atoms with Crippen molar-refractivity contribution in [3.05, 3.63) is 35.2 Å². The van der Waals surface area contributed by atoms with Crippen LogP contribution in [0.2, 0.25) is 0 Å². The van der Waals surface area contributed by atoms with Crippen LogP contribution in [-0.4, -0.2) is 47.7 Å². The third-order valence-electron chi connectivity index (χ3n) is 3.59. The summed E-state index contributed by atoms with van der Waals surface area (Å²) in [5.41, 5.74) is 2.39. The fourth-order valence-corrected chi connectivity index (χ4v) is 2.47. The van der Waals surface area contributed by atoms with Gasteiger partial charge >= 0.3 is 12.1 Å². The monoisotopic (exact) mass is 332 g/mol. The Kier molecular flexibility index (Phi) is 5.26. The van der Waals surface area contributed by atoms with Gasteiger partial charge in [-0.1, -0.05) is 6.08 Å². The first-order valence-corrected chi connectivity index (χ1v) is 7.93. The van der Waals surface area contributed by atoms with Crippen molar-refractivity contribution in [2.24, 2.45) is 0 Å². The molecule has 0 N–H and O–H groups in total. The molecule has 1 amide bonds. The molecule has 0 atom stereocenters. The number of aromatic nitrogens is 1. The minimum Gasteiger partial charge on any atom is -0.465 e. The van der Waals surface area contributed by atoms with Crippen molar-refractivity contribution in [2.45, 2.75) is 39.7 Å². The van der Waals surface area contributed by atoms with E-state index in [2.05, 4.69) is 4.98 Å². The number of amides is 1. The Hall–Kier alpha value is -2.37. The van der Waals surface area contributed by atoms with Gasteiger partial charge in [-0.15, -0.1) is 0 Å². The van der Waals surface area contributed by atoms with Crippen LogP contribution in [0.5, 0.6) is 0 Å². The van der Waals surface area contributed by atoms with Crippen LogP contribution in [0.3, 0.4) is 0 Å². The van der Waals surface area contributed by atoms with Crippen molar-refractivity contribution in [1.29, 1.82) is 0 Å². The van der Waals surface area contributed by atoms with Gasteiger partial charge in [0.2, 0.25) is 0 Å². The van der Waals surface area contributed by atoms with Gasteiger partial charge in [0.15, 0.2) is 0 Å². The molecular formula is C18H24N2O4. The van der Waals surface area contributed by atoms with Crippen LogP contribution < -0.4 is 0 Å². The number of hydrogen-bond donors (Lipinski definition) is 0. The molecule has 0 fully saturated rings. The maximum absolute atomic E-state index is 12.1. The van der Waals surface area contributed by atoms with E-state index in [1.807, 2.05) is 33.8 Å². The molecule has 2 heterocycles. The number of methoxy groups -OCH3 is 1. The summed E-state index contributed by atoms with van der Waals surface area (Å²) in [6.45, 7) is 8.36. The average molecular weight is 332 g/mol. The molecule has 1 aliphatic rings. The molecule has 2 rings (SSSR count). The van der Waals surface area contributed by atoms with E-state index >= 15 is 0 Å². The molecule has 1 aromatic rings. The van der Waals surface area contributed by atoms with Crippen LogP contribution in [-0.2, 0) is 9.47 Å². The molecule has 0 saturated heterocycles. The summed E-state index contributed by atoms with van der Waals surface area (Å²) in [5.74, 6) is -0.406. The van der Waals surface area contributed by atoms with Crippen molar-refractivity contribution in [2.75, 3.05) is 20.2 Å². The number of carbonyl (C=O) groups is 2. The zero-order chi connectivity index (χ0) is 17.9. The van der Waals surface area contributed by atoms with Gasteiger partial charge in [-0.2, -0.15) is 0 Å². The van der Waals surface area contributed by atoms with Crippen LogP contribution in [0, 0.1) is 6.92 Å². The molecule has 1 aliphatic heterocycles. The lowest BCUT2D eigenvalue weighted by Crippen LogP contribution is -2.39. The van der Waals surface area contributed by atoms with Crippen LogP contribution in [0.4, 0.5) is 4.79 Å². The largest absolute Gasteiger partial charge is 0.465 e. The molecule has 1 aromatic heterocycles. The molecule has 0 unspecified atom stereocenters. The highest BCUT2D eigenvalue weighted by atomic mass is 16.6. The van der Waals surface area contributed by atoms with Crippen LogP contribution >= 0.6 is 0 Å². The number of ether oxygens (including phenoxy) is 2. The van der Waals surface area contributed by atoms with Gasteiger partial charge in [-0.25, -0.2) is 9.59 Å². The van der Waals surface area contributed by atoms with Crippen molar-refractivity contribution < 1.29 is 19.1 Å². The highest BCUT2D eigenvalue weighted by Gasteiger charge is 2.25. The lowest BCUT2D eigenvalue weighted by atomic mass is 9.99. The third-order valence-corrected chi connectivity index (χ3v) is 3.59. The van der Waals surface area contributed by atoms with Gasteiger partial charge in [0.1, 0.15) is 5.60 Å². The first-order valence-electron chi connectivity index (χ1n) is 7.93. The lowest BCUT2D eigenvalue weighted by Gasteiger charge is -2.29. The van der Waals surface area contributed by atoms with Crippen molar-refractivity contribution in [3.63, 3.8) is 0 Å². The van der Waals surface area contributed by atoms with Gasteiger partial charge in [-0.3, -0.25) is 4.98 Å². The summed E-state index contributed by atoms with van der Waals surface area (Å²) >= 11 is 0. The summed E-state index contributed by atoms with van der Waals surface area (Å²) in [4.78, 5) is 30.1. The molecule has 0 bridgehead atoms. The molecule has 130 valence electrons. The maximum atomic E-state index is 12.1. The molecule has 24 heavy (non-hydrogen) atoms. The van der Waals surface area contributed by atoms with Crippen LogP contribution in [0.25, 0.3) is 5.57 Å². The first-order chi connectivity index (χ1) is 11.2. The standard InChI is InChI=1S/C18H24N2O4/c1-12-10-14(16(21)23-5)15(19-11-12)13-6-8-20(9-7-13)17(22)24-18(2,3)4/h6,10-11H,7-9H2,1-5H3. The number of hydrogen-bond acceptors (Lipinski definition) is 5. The van der Waals surface area contributed by atoms with E-state index in [1.54, 1.807) is 17.2 Å². The van der Waals surface area contributed by atoms with Gasteiger partial charge in [0.25, 0.3) is 0 Å². The van der Waals surface area contributed by atoms with Gasteiger partial charge < -0.3 is 14.4 Å². The van der Waals surface area contributed by atoms with E-state index in [0.717, 1.165) is 11.1 Å². The number of esters is 1. The Morgan fingerprint density at radius 2 is 2.00 bits per heavy atom. The van der Waals surface area contributed by atoms with Gasteiger partial charge in [0.05, 0.1) is 18.4 Å². The van der Waals surface area contributed by atoms with Gasteiger partial charge in [0, 0.05) is 19.3 Å². The molecular weight excluding hydrogens is 308 g/mol. The van der Waals surface area contributed by atoms with E-state index in [-0.39, 0.29) is 6.09 Å². The summed E-state index contributed by atoms with van der Waals surface area (Å²) in [7, 11) is 1.36. The minimum atomic E-state index is -0.516. The first kappa shape index (κ1) is 18.0. The van der Waals surface area contributed by atoms with Crippen molar-refractivity contribution >= 4 is 17.6 Å². The minimum absolute atomic E-state index is 0.331. The Morgan fingerprint density at radius 1 is 1.29 bits per heavy atom. The van der Waals surface area contributed by atoms with E-state index in [1.165, 1.54) is 7.11 Å². The maximum Gasteiger partial charge on any atom is 0.410 e. The fraction of sp³-hybridized carbons (Fsp3) is 0.500. The van der Waals surface area contributed by atoms with E-state index in [9.17, 15) is 9.59 Å². The van der Waals surface area contributed by atoms with Gasteiger partial charge in [-0.05, 0) is 51.3 Å². The normalized spacial score (nSPS) is 14.9. The summed E-state index contributed by atoms with van der Waals surface area (Å²) in [6, 6.07) is 1.77. The van der Waals surface area contributed by atoms with Crippen LogP contribution in [0.15, 0.2) is 18.3 Å². The summed E-state index contributed by atoms with van der Waals surface area (Å²) < 4.78 is 10.2. The predicted octanol–water partition coefficient (Wildman–Crippen LogP) is 3.20. The zero-order valence-electron chi connectivity index (χ0n) is 14.9. The topological polar surface area (TPSA) is 68.7 Å². The Morgan fingerprint density at radius 3 is 2.54 bits per heavy atom. The highest BCUT2D eigenvalue weighted by molar-refractivity contribution is 5.94. The fourth-order valence-electron chi connectivity index (χ4n) is 2.47. The van der Waals surface area contributed by atoms with E-state index in [0.29, 0.717) is 30.8 Å². The molecule has 0 radical (unpaired) electrons. The summed E-state index contributed by atoms with van der Waals surface area (Å²) in [6.07, 6.45) is 3.92. The highest BCUT2D eigenvalue weighted by Crippen LogP contribution is 2.25. The second-order valence-electron chi connectivity index (χ2n) is 6.81. The van der Waals surface area contributed by atoms with Crippen molar-refractivity contribution in [3.8, 4) is 0 Å². The number of rotatable bonds is 2. The molecule has 0 aliphatic carbocycles. The van der Waals surface area contributed by atoms with E-state index in [4.69, 9.17) is 9.47 Å². The Balaban J connectivity index is 2.19.